The van der Waals surface area contributed by atoms with Crippen molar-refractivity contribution in [3.8, 4) is 0 Å². The highest BCUT2D eigenvalue weighted by Crippen LogP contribution is 2.40. The van der Waals surface area contributed by atoms with E-state index in [0.29, 0.717) is 30.1 Å². The van der Waals surface area contributed by atoms with Gasteiger partial charge in [-0.25, -0.2) is 9.67 Å². The fourth-order valence-corrected chi connectivity index (χ4v) is 3.72. The molecule has 2 amide bonds. The van der Waals surface area contributed by atoms with Crippen LogP contribution in [0, 0.1) is 0 Å². The molecule has 168 valence electrons. The minimum absolute atomic E-state index is 0.0667. The van der Waals surface area contributed by atoms with Crippen LogP contribution in [-0.4, -0.2) is 33.1 Å². The number of hydrogen-bond donors (Lipinski definition) is 2. The van der Waals surface area contributed by atoms with E-state index in [-0.39, 0.29) is 17.9 Å². The van der Waals surface area contributed by atoms with Crippen molar-refractivity contribution < 1.29 is 9.59 Å². The predicted octanol–water partition coefficient (Wildman–Crippen LogP) is 4.35. The molecule has 0 unspecified atom stereocenters. The van der Waals surface area contributed by atoms with Crippen LogP contribution in [0.1, 0.15) is 90.4 Å². The molecule has 7 heteroatoms. The largest absolute Gasteiger partial charge is 0.352 e. The number of nitrogens with zero attached hydrogens (tertiary/aromatic N) is 3. The maximum Gasteiger partial charge on any atom is 0.252 e. The molecule has 0 saturated heterocycles. The smallest absolute Gasteiger partial charge is 0.252 e. The van der Waals surface area contributed by atoms with E-state index in [0.717, 1.165) is 48.0 Å². The Bertz CT molecular complexity index is 1110. The number of rotatable bonds is 9. The van der Waals surface area contributed by atoms with Gasteiger partial charge in [0.2, 0.25) is 0 Å². The van der Waals surface area contributed by atoms with Crippen LogP contribution >= 0.6 is 0 Å². The monoisotopic (exact) mass is 433 g/mol. The van der Waals surface area contributed by atoms with E-state index in [9.17, 15) is 9.59 Å². The summed E-state index contributed by atoms with van der Waals surface area (Å²) in [5, 5.41) is 11.2. The summed E-state index contributed by atoms with van der Waals surface area (Å²) in [6, 6.07) is 9.44. The molecule has 7 nitrogen and oxygen atoms in total. The molecule has 1 aliphatic rings. The lowest BCUT2D eigenvalue weighted by Crippen LogP contribution is -2.25. The molecule has 32 heavy (non-hydrogen) atoms. The highest BCUT2D eigenvalue weighted by Gasteiger charge is 2.28. The summed E-state index contributed by atoms with van der Waals surface area (Å²) in [5.74, 6) is 0.240. The van der Waals surface area contributed by atoms with E-state index < -0.39 is 0 Å². The van der Waals surface area contributed by atoms with Gasteiger partial charge in [0.05, 0.1) is 17.1 Å². The maximum absolute atomic E-state index is 13.1. The van der Waals surface area contributed by atoms with Crippen molar-refractivity contribution >= 4 is 22.8 Å². The van der Waals surface area contributed by atoms with Crippen LogP contribution in [-0.2, 0) is 6.54 Å². The second-order valence-electron chi connectivity index (χ2n) is 8.78. The zero-order valence-electron chi connectivity index (χ0n) is 19.0. The van der Waals surface area contributed by atoms with Crippen LogP contribution in [0.5, 0.6) is 0 Å². The highest BCUT2D eigenvalue weighted by molar-refractivity contribution is 6.05. The number of unbranched alkanes of at least 4 members (excludes halogenated alkanes) is 1. The third-order valence-corrected chi connectivity index (χ3v) is 5.80. The average molecular weight is 434 g/mol. The maximum atomic E-state index is 13.1. The summed E-state index contributed by atoms with van der Waals surface area (Å²) in [6.07, 6.45) is 5.99. The van der Waals surface area contributed by atoms with E-state index in [4.69, 9.17) is 4.98 Å². The summed E-state index contributed by atoms with van der Waals surface area (Å²) >= 11 is 0. The van der Waals surface area contributed by atoms with Gasteiger partial charge in [0.25, 0.3) is 11.8 Å². The van der Waals surface area contributed by atoms with Crippen molar-refractivity contribution in [3.05, 3.63) is 58.9 Å². The number of carbonyl (C=O) groups excluding carboxylic acids is 2. The second kappa shape index (κ2) is 9.51. The Hall–Kier alpha value is -3.22. The molecule has 4 rings (SSSR count). The lowest BCUT2D eigenvalue weighted by atomic mass is 10.1. The number of pyridine rings is 1. The Labute approximate surface area is 188 Å². The number of nitrogens with one attached hydrogen (secondary N) is 2. The second-order valence-corrected chi connectivity index (χ2v) is 8.78. The van der Waals surface area contributed by atoms with Crippen molar-refractivity contribution in [2.45, 2.75) is 65.0 Å². The number of amides is 2. The number of hydrogen-bond acceptors (Lipinski definition) is 4. The first-order valence-corrected chi connectivity index (χ1v) is 11.5. The Balaban J connectivity index is 1.47. The molecule has 2 heterocycles. The molecule has 0 spiro atoms. The molecule has 2 N–H and O–H groups in total. The van der Waals surface area contributed by atoms with E-state index >= 15 is 0 Å². The van der Waals surface area contributed by atoms with E-state index in [1.807, 2.05) is 22.9 Å². The molecule has 1 saturated carbocycles. The lowest BCUT2D eigenvalue weighted by Gasteiger charge is -2.11. The fourth-order valence-electron chi connectivity index (χ4n) is 3.72. The first-order valence-electron chi connectivity index (χ1n) is 11.5. The van der Waals surface area contributed by atoms with Crippen molar-refractivity contribution in [1.82, 2.24) is 25.4 Å². The SMILES string of the molecule is CCCCNC(=O)c1ccc(CNC(=O)c2cc(C3CC3)nc3c2cnn3C(C)C)cc1. The summed E-state index contributed by atoms with van der Waals surface area (Å²) in [7, 11) is 0. The van der Waals surface area contributed by atoms with Gasteiger partial charge in [-0.05, 0) is 56.9 Å². The van der Waals surface area contributed by atoms with Crippen LogP contribution in [0.3, 0.4) is 0 Å². The Morgan fingerprint density at radius 1 is 1.12 bits per heavy atom. The lowest BCUT2D eigenvalue weighted by molar-refractivity contribution is 0.0943. The Morgan fingerprint density at radius 2 is 1.88 bits per heavy atom. The molecule has 1 fully saturated rings. The van der Waals surface area contributed by atoms with Gasteiger partial charge in [0.15, 0.2) is 5.65 Å². The average Bonchev–Trinajstić information content (AvgIpc) is 3.55. The summed E-state index contributed by atoms with van der Waals surface area (Å²) in [5.41, 5.74) is 3.93. The third kappa shape index (κ3) is 4.82. The normalized spacial score (nSPS) is 13.5. The Kier molecular flexibility index (Phi) is 6.53. The summed E-state index contributed by atoms with van der Waals surface area (Å²) < 4.78 is 1.88. The molecular formula is C25H31N5O2. The summed E-state index contributed by atoms with van der Waals surface area (Å²) in [6.45, 7) is 7.29. The van der Waals surface area contributed by atoms with E-state index in [2.05, 4.69) is 36.5 Å². The first kappa shape index (κ1) is 22.0. The zero-order chi connectivity index (χ0) is 22.7. The van der Waals surface area contributed by atoms with Crippen molar-refractivity contribution in [1.29, 1.82) is 0 Å². The molecule has 2 aromatic heterocycles. The standard InChI is InChI=1S/C25H31N5O2/c1-4-5-12-26-24(31)19-8-6-17(7-9-19)14-27-25(32)20-13-22(18-10-11-18)29-23-21(20)15-28-30(23)16(2)3/h6-9,13,15-16,18H,4-5,10-12,14H2,1-3H3,(H,26,31)(H,27,32). The van der Waals surface area contributed by atoms with Crippen LogP contribution in [0.15, 0.2) is 36.5 Å². The van der Waals surface area contributed by atoms with Gasteiger partial charge in [-0.1, -0.05) is 25.5 Å². The first-order chi connectivity index (χ1) is 15.5. The quantitative estimate of drug-likeness (QED) is 0.491. The van der Waals surface area contributed by atoms with Gasteiger partial charge in [-0.2, -0.15) is 5.10 Å². The molecule has 0 radical (unpaired) electrons. The minimum atomic E-state index is -0.135. The van der Waals surface area contributed by atoms with Gasteiger partial charge in [-0.15, -0.1) is 0 Å². The number of benzene rings is 1. The fraction of sp³-hybridized carbons (Fsp3) is 0.440. The van der Waals surface area contributed by atoms with Gasteiger partial charge in [0, 0.05) is 36.3 Å². The van der Waals surface area contributed by atoms with Crippen LogP contribution in [0.25, 0.3) is 11.0 Å². The van der Waals surface area contributed by atoms with Gasteiger partial charge >= 0.3 is 0 Å². The van der Waals surface area contributed by atoms with Crippen molar-refractivity contribution in [2.75, 3.05) is 6.54 Å². The van der Waals surface area contributed by atoms with Gasteiger partial charge < -0.3 is 10.6 Å². The van der Waals surface area contributed by atoms with E-state index in [1.54, 1.807) is 18.3 Å². The zero-order valence-corrected chi connectivity index (χ0v) is 19.0. The van der Waals surface area contributed by atoms with Gasteiger partial charge in [0.1, 0.15) is 0 Å². The number of fused-ring (bicyclic) bond motifs is 1. The topological polar surface area (TPSA) is 88.9 Å². The third-order valence-electron chi connectivity index (χ3n) is 5.80. The van der Waals surface area contributed by atoms with Crippen molar-refractivity contribution in [2.24, 2.45) is 0 Å². The molecule has 1 aromatic carbocycles. The molecule has 0 atom stereocenters. The van der Waals surface area contributed by atoms with Gasteiger partial charge in [-0.3, -0.25) is 9.59 Å². The minimum Gasteiger partial charge on any atom is -0.352 e. The highest BCUT2D eigenvalue weighted by atomic mass is 16.2. The number of carbonyl (C=O) groups is 2. The van der Waals surface area contributed by atoms with E-state index in [1.165, 1.54) is 0 Å². The number of aromatic nitrogens is 3. The van der Waals surface area contributed by atoms with Crippen molar-refractivity contribution in [3.63, 3.8) is 0 Å². The van der Waals surface area contributed by atoms with Crippen LogP contribution in [0.2, 0.25) is 0 Å². The van der Waals surface area contributed by atoms with Crippen LogP contribution in [0.4, 0.5) is 0 Å². The molecule has 0 bridgehead atoms. The summed E-state index contributed by atoms with van der Waals surface area (Å²) in [4.78, 5) is 30.1. The Morgan fingerprint density at radius 3 is 2.53 bits per heavy atom. The predicted molar refractivity (Wildman–Crippen MR) is 125 cm³/mol. The van der Waals surface area contributed by atoms with Crippen LogP contribution < -0.4 is 10.6 Å². The molecule has 1 aliphatic carbocycles. The molecular weight excluding hydrogens is 402 g/mol. The molecule has 0 aliphatic heterocycles. The molecule has 3 aromatic rings.